The molecule has 10 aromatic rings. The van der Waals surface area contributed by atoms with E-state index in [2.05, 4.69) is 181 Å². The zero-order valence-corrected chi connectivity index (χ0v) is 27.3. The molecule has 0 amide bonds. The summed E-state index contributed by atoms with van der Waals surface area (Å²) >= 11 is 0. The zero-order valence-electron chi connectivity index (χ0n) is 27.3. The molecule has 0 N–H and O–H groups in total. The van der Waals surface area contributed by atoms with Gasteiger partial charge in [0.15, 0.2) is 0 Å². The fourth-order valence-electron chi connectivity index (χ4n) is 8.15. The van der Waals surface area contributed by atoms with Crippen LogP contribution < -0.4 is 0 Å². The molecule has 1 heteroatoms. The Morgan fingerprint density at radius 3 is 1.18 bits per heavy atom. The van der Waals surface area contributed by atoms with Gasteiger partial charge in [-0.15, -0.1) is 0 Å². The lowest BCUT2D eigenvalue weighted by atomic mass is 9.84. The first-order valence-electron chi connectivity index (χ1n) is 17.2. The lowest BCUT2D eigenvalue weighted by Gasteiger charge is -2.19. The van der Waals surface area contributed by atoms with Crippen molar-refractivity contribution in [3.8, 4) is 44.5 Å². The molecule has 1 aromatic heterocycles. The van der Waals surface area contributed by atoms with Crippen LogP contribution in [-0.2, 0) is 0 Å². The van der Waals surface area contributed by atoms with Crippen LogP contribution in [0.1, 0.15) is 0 Å². The first kappa shape index (κ1) is 28.4. The smallest absolute Gasteiger partial charge is 0.0353 e. The van der Waals surface area contributed by atoms with Gasteiger partial charge in [0.25, 0.3) is 0 Å². The van der Waals surface area contributed by atoms with Gasteiger partial charge in [-0.2, -0.15) is 0 Å². The Kier molecular flexibility index (Phi) is 6.57. The Morgan fingerprint density at radius 2 is 0.640 bits per heavy atom. The molecule has 1 heterocycles. The summed E-state index contributed by atoms with van der Waals surface area (Å²) in [5.74, 6) is 0. The van der Waals surface area contributed by atoms with E-state index in [1.807, 2.05) is 12.4 Å². The Balaban J connectivity index is 1.19. The van der Waals surface area contributed by atoms with Crippen LogP contribution in [0.4, 0.5) is 0 Å². The zero-order chi connectivity index (χ0) is 33.0. The highest BCUT2D eigenvalue weighted by atomic mass is 14.6. The van der Waals surface area contributed by atoms with Crippen molar-refractivity contribution >= 4 is 53.9 Å². The Morgan fingerprint density at radius 1 is 0.260 bits per heavy atom. The highest BCUT2D eigenvalue weighted by Crippen LogP contribution is 2.46. The van der Waals surface area contributed by atoms with Gasteiger partial charge in [-0.3, -0.25) is 4.98 Å². The average Bonchev–Trinajstić information content (AvgIpc) is 3.19. The predicted octanol–water partition coefficient (Wildman–Crippen LogP) is 13.5. The van der Waals surface area contributed by atoms with Crippen LogP contribution in [-0.4, -0.2) is 4.98 Å². The van der Waals surface area contributed by atoms with E-state index < -0.39 is 0 Å². The average molecular weight is 634 g/mol. The van der Waals surface area contributed by atoms with Gasteiger partial charge in [0, 0.05) is 17.8 Å². The summed E-state index contributed by atoms with van der Waals surface area (Å²) in [5.41, 5.74) is 9.87. The number of aromatic nitrogens is 1. The van der Waals surface area contributed by atoms with Crippen molar-refractivity contribution in [2.45, 2.75) is 0 Å². The molecule has 0 saturated carbocycles. The van der Waals surface area contributed by atoms with Crippen LogP contribution in [0.15, 0.2) is 188 Å². The summed E-state index contributed by atoms with van der Waals surface area (Å²) in [4.78, 5) is 4.62. The molecule has 0 aliphatic rings. The first-order chi connectivity index (χ1) is 24.8. The van der Waals surface area contributed by atoms with Gasteiger partial charge < -0.3 is 0 Å². The molecule has 0 spiro atoms. The number of benzene rings is 9. The summed E-state index contributed by atoms with van der Waals surface area (Å²) in [6, 6.07) is 64.2. The molecule has 232 valence electrons. The van der Waals surface area contributed by atoms with Crippen LogP contribution in [0, 0.1) is 0 Å². The van der Waals surface area contributed by atoms with Gasteiger partial charge in [0.1, 0.15) is 0 Å². The van der Waals surface area contributed by atoms with Crippen molar-refractivity contribution in [2.75, 3.05) is 0 Å². The molecule has 9 aromatic carbocycles. The minimum absolute atomic E-state index is 1.16. The Labute approximate surface area is 290 Å². The summed E-state index contributed by atoms with van der Waals surface area (Å²) in [6.07, 6.45) is 3.94. The van der Waals surface area contributed by atoms with E-state index in [1.54, 1.807) is 0 Å². The molecular weight excluding hydrogens is 603 g/mol. The number of rotatable bonds is 4. The van der Waals surface area contributed by atoms with Gasteiger partial charge >= 0.3 is 0 Å². The minimum atomic E-state index is 1.16. The molecule has 50 heavy (non-hydrogen) atoms. The number of fused-ring (bicyclic) bond motifs is 5. The molecular formula is C49H31N. The third kappa shape index (κ3) is 4.45. The van der Waals surface area contributed by atoms with Gasteiger partial charge in [0.05, 0.1) is 0 Å². The fourth-order valence-corrected chi connectivity index (χ4v) is 8.15. The van der Waals surface area contributed by atoms with Crippen molar-refractivity contribution < 1.29 is 0 Å². The second-order valence-electron chi connectivity index (χ2n) is 13.1. The van der Waals surface area contributed by atoms with Crippen molar-refractivity contribution in [3.63, 3.8) is 0 Å². The first-order valence-corrected chi connectivity index (χ1v) is 17.2. The topological polar surface area (TPSA) is 12.9 Å². The molecule has 10 rings (SSSR count). The van der Waals surface area contributed by atoms with Crippen LogP contribution >= 0.6 is 0 Å². The number of pyridine rings is 1. The Bertz CT molecular complexity index is 2790. The van der Waals surface area contributed by atoms with Crippen LogP contribution in [0.5, 0.6) is 0 Å². The maximum Gasteiger partial charge on any atom is 0.0353 e. The number of hydrogen-bond acceptors (Lipinski definition) is 1. The molecule has 0 atom stereocenters. The van der Waals surface area contributed by atoms with Crippen molar-refractivity contribution in [3.05, 3.63) is 188 Å². The third-order valence-corrected chi connectivity index (χ3v) is 10.3. The second-order valence-corrected chi connectivity index (χ2v) is 13.1. The van der Waals surface area contributed by atoms with E-state index in [0.717, 1.165) is 5.39 Å². The summed E-state index contributed by atoms with van der Waals surface area (Å²) in [5, 5.41) is 12.4. The SMILES string of the molecule is c1ccc(-c2c3ccccc3c(-c3ccc(-c4c5ccccc5c(-c5ccc6ccccc6c5)c5ccccc45)cc3)c3cnccc23)cc1. The fraction of sp³-hybridized carbons (Fsp3) is 0. The molecule has 0 aliphatic carbocycles. The molecule has 0 bridgehead atoms. The van der Waals surface area contributed by atoms with Gasteiger partial charge in [-0.25, -0.2) is 0 Å². The largest absolute Gasteiger partial charge is 0.264 e. The van der Waals surface area contributed by atoms with E-state index in [0.29, 0.717) is 0 Å². The van der Waals surface area contributed by atoms with Crippen LogP contribution in [0.3, 0.4) is 0 Å². The van der Waals surface area contributed by atoms with Crippen molar-refractivity contribution in [1.82, 2.24) is 4.98 Å². The third-order valence-electron chi connectivity index (χ3n) is 10.3. The highest BCUT2D eigenvalue weighted by Gasteiger charge is 2.19. The predicted molar refractivity (Wildman–Crippen MR) is 214 cm³/mol. The quantitative estimate of drug-likeness (QED) is 0.176. The second kappa shape index (κ2) is 11.5. The molecule has 0 radical (unpaired) electrons. The number of hydrogen-bond donors (Lipinski definition) is 0. The van der Waals surface area contributed by atoms with Gasteiger partial charge in [-0.1, -0.05) is 164 Å². The monoisotopic (exact) mass is 633 g/mol. The van der Waals surface area contributed by atoms with Crippen LogP contribution in [0.25, 0.3) is 98.4 Å². The van der Waals surface area contributed by atoms with E-state index in [4.69, 9.17) is 0 Å². The lowest BCUT2D eigenvalue weighted by molar-refractivity contribution is 1.37. The van der Waals surface area contributed by atoms with Crippen molar-refractivity contribution in [1.29, 1.82) is 0 Å². The summed E-state index contributed by atoms with van der Waals surface area (Å²) in [7, 11) is 0. The standard InChI is InChI=1S/C49H31N/c1-2-13-33(14-3-1)46-38-16-6-9-19-41(38)48(45-31-50-29-28-44(45)46)35-25-23-34(24-26-35)47-39-17-7-10-20-42(39)49(43-21-11-8-18-40(43)47)37-27-22-32-12-4-5-15-36(32)30-37/h1-31H. The molecule has 0 aliphatic heterocycles. The van der Waals surface area contributed by atoms with E-state index in [-0.39, 0.29) is 0 Å². The normalized spacial score (nSPS) is 11.6. The van der Waals surface area contributed by atoms with Crippen LogP contribution in [0.2, 0.25) is 0 Å². The molecule has 1 nitrogen and oxygen atoms in total. The molecule has 0 unspecified atom stereocenters. The maximum absolute atomic E-state index is 4.62. The summed E-state index contributed by atoms with van der Waals surface area (Å²) < 4.78 is 0. The van der Waals surface area contributed by atoms with Gasteiger partial charge in [0.2, 0.25) is 0 Å². The Hall–Kier alpha value is -6.57. The van der Waals surface area contributed by atoms with Gasteiger partial charge in [-0.05, 0) is 105 Å². The van der Waals surface area contributed by atoms with E-state index in [1.165, 1.54) is 93.0 Å². The minimum Gasteiger partial charge on any atom is -0.264 e. The number of nitrogens with zero attached hydrogens (tertiary/aromatic N) is 1. The molecule has 0 fully saturated rings. The maximum atomic E-state index is 4.62. The summed E-state index contributed by atoms with van der Waals surface area (Å²) in [6.45, 7) is 0. The lowest BCUT2D eigenvalue weighted by Crippen LogP contribution is -1.92. The highest BCUT2D eigenvalue weighted by molar-refractivity contribution is 6.23. The van der Waals surface area contributed by atoms with Crippen molar-refractivity contribution in [2.24, 2.45) is 0 Å². The molecule has 0 saturated heterocycles. The van der Waals surface area contributed by atoms with E-state index in [9.17, 15) is 0 Å². The van der Waals surface area contributed by atoms with E-state index >= 15 is 0 Å².